The lowest BCUT2D eigenvalue weighted by molar-refractivity contribution is 0.540. The van der Waals surface area contributed by atoms with Gasteiger partial charge in [0.15, 0.2) is 10.8 Å². The van der Waals surface area contributed by atoms with Gasteiger partial charge in [-0.25, -0.2) is 15.0 Å². The number of imidazole rings is 1. The number of rotatable bonds is 4. The first-order valence-corrected chi connectivity index (χ1v) is 8.23. The van der Waals surface area contributed by atoms with Crippen LogP contribution in [-0.2, 0) is 5.75 Å². The van der Waals surface area contributed by atoms with E-state index in [9.17, 15) is 0 Å². The van der Waals surface area contributed by atoms with Crippen molar-refractivity contribution in [2.45, 2.75) is 17.8 Å². The highest BCUT2D eigenvalue weighted by Crippen LogP contribution is 2.27. The maximum Gasteiger partial charge on any atom is 0.226 e. The van der Waals surface area contributed by atoms with E-state index in [1.807, 2.05) is 49.4 Å². The van der Waals surface area contributed by atoms with Gasteiger partial charge in [0.25, 0.3) is 0 Å². The van der Waals surface area contributed by atoms with Crippen LogP contribution in [0.3, 0.4) is 0 Å². The van der Waals surface area contributed by atoms with Crippen molar-refractivity contribution >= 4 is 22.9 Å². The van der Waals surface area contributed by atoms with Crippen LogP contribution < -0.4 is 0 Å². The number of aromatic amines is 1. The van der Waals surface area contributed by atoms with E-state index in [0.717, 1.165) is 33.3 Å². The Morgan fingerprint density at radius 3 is 2.78 bits per heavy atom. The normalized spacial score (nSPS) is 11.2. The molecule has 3 aromatic heterocycles. The number of fused-ring (bicyclic) bond motifs is 1. The molecule has 3 heterocycles. The topological polar surface area (TPSA) is 67.6 Å². The predicted octanol–water partition coefficient (Wildman–Crippen LogP) is 4.21. The van der Waals surface area contributed by atoms with Gasteiger partial charge in [-0.3, -0.25) is 0 Å². The van der Waals surface area contributed by atoms with Crippen LogP contribution in [0.5, 0.6) is 0 Å². The number of nitrogens with one attached hydrogen (secondary N) is 1. The minimum absolute atomic E-state index is 0.657. The van der Waals surface area contributed by atoms with E-state index in [2.05, 4.69) is 19.9 Å². The molecule has 1 N–H and O–H groups in total. The summed E-state index contributed by atoms with van der Waals surface area (Å²) in [7, 11) is 0. The molecule has 4 aromatic rings. The van der Waals surface area contributed by atoms with Crippen molar-refractivity contribution in [1.82, 2.24) is 19.9 Å². The van der Waals surface area contributed by atoms with Gasteiger partial charge in [-0.1, -0.05) is 30.0 Å². The highest BCUT2D eigenvalue weighted by molar-refractivity contribution is 7.98. The average molecular weight is 322 g/mol. The molecule has 1 aromatic carbocycles. The molecule has 0 aliphatic carbocycles. The lowest BCUT2D eigenvalue weighted by Crippen LogP contribution is -1.85. The zero-order valence-electron chi connectivity index (χ0n) is 12.5. The first kappa shape index (κ1) is 14.0. The van der Waals surface area contributed by atoms with Gasteiger partial charge in [0.2, 0.25) is 5.89 Å². The van der Waals surface area contributed by atoms with Crippen LogP contribution in [0.15, 0.2) is 58.2 Å². The predicted molar refractivity (Wildman–Crippen MR) is 90.1 cm³/mol. The van der Waals surface area contributed by atoms with Crippen molar-refractivity contribution < 1.29 is 4.42 Å². The number of pyridine rings is 1. The summed E-state index contributed by atoms with van der Waals surface area (Å²) in [6.45, 7) is 1.94. The van der Waals surface area contributed by atoms with E-state index in [1.54, 1.807) is 18.0 Å². The average Bonchev–Trinajstić information content (AvgIpc) is 3.16. The van der Waals surface area contributed by atoms with E-state index < -0.39 is 0 Å². The highest BCUT2D eigenvalue weighted by atomic mass is 32.2. The zero-order valence-corrected chi connectivity index (χ0v) is 13.3. The Morgan fingerprint density at radius 1 is 1.09 bits per heavy atom. The minimum atomic E-state index is 0.657. The largest absolute Gasteiger partial charge is 0.441 e. The van der Waals surface area contributed by atoms with Gasteiger partial charge in [0, 0.05) is 17.5 Å². The van der Waals surface area contributed by atoms with Crippen molar-refractivity contribution in [3.05, 3.63) is 60.1 Å². The van der Waals surface area contributed by atoms with Crippen LogP contribution in [0.2, 0.25) is 0 Å². The van der Waals surface area contributed by atoms with E-state index in [-0.39, 0.29) is 0 Å². The summed E-state index contributed by atoms with van der Waals surface area (Å²) in [5.41, 5.74) is 3.59. The Labute approximate surface area is 137 Å². The lowest BCUT2D eigenvalue weighted by Gasteiger charge is -1.94. The maximum atomic E-state index is 5.78. The Hall–Kier alpha value is -2.60. The summed E-state index contributed by atoms with van der Waals surface area (Å²) in [5.74, 6) is 2.19. The molecular formula is C17H14N4OS. The Bertz CT molecular complexity index is 913. The molecule has 0 saturated heterocycles. The van der Waals surface area contributed by atoms with Gasteiger partial charge in [-0.2, -0.15) is 0 Å². The molecule has 114 valence electrons. The van der Waals surface area contributed by atoms with Gasteiger partial charge in [-0.05, 0) is 31.2 Å². The van der Waals surface area contributed by atoms with Crippen LogP contribution in [0.4, 0.5) is 0 Å². The molecule has 0 radical (unpaired) electrons. The number of aryl methyl sites for hydroxylation is 1. The van der Waals surface area contributed by atoms with E-state index >= 15 is 0 Å². The van der Waals surface area contributed by atoms with Gasteiger partial charge >= 0.3 is 0 Å². The molecule has 5 nitrogen and oxygen atoms in total. The van der Waals surface area contributed by atoms with Crippen molar-refractivity contribution in [3.63, 3.8) is 0 Å². The zero-order chi connectivity index (χ0) is 15.6. The van der Waals surface area contributed by atoms with Gasteiger partial charge in [0.05, 0.1) is 11.2 Å². The quantitative estimate of drug-likeness (QED) is 0.570. The third kappa shape index (κ3) is 2.85. The Morgan fingerprint density at radius 2 is 1.96 bits per heavy atom. The lowest BCUT2D eigenvalue weighted by atomic mass is 10.2. The minimum Gasteiger partial charge on any atom is -0.441 e. The fourth-order valence-corrected chi connectivity index (χ4v) is 3.17. The van der Waals surface area contributed by atoms with Crippen LogP contribution in [0, 0.1) is 6.92 Å². The van der Waals surface area contributed by atoms with E-state index in [1.165, 1.54) is 0 Å². The second-order valence-corrected chi connectivity index (χ2v) is 6.06. The molecule has 0 amide bonds. The number of aromatic nitrogens is 4. The third-order valence-corrected chi connectivity index (χ3v) is 4.38. The molecule has 6 heteroatoms. The molecule has 0 aliphatic rings. The van der Waals surface area contributed by atoms with Crippen molar-refractivity contribution in [1.29, 1.82) is 0 Å². The maximum absolute atomic E-state index is 5.78. The third-order valence-electron chi connectivity index (χ3n) is 3.49. The van der Waals surface area contributed by atoms with Crippen molar-refractivity contribution in [2.24, 2.45) is 0 Å². The standard InChI is InChI=1S/C17H14N4OS/c1-11-14(19-16(22-11)12-6-3-2-4-7-12)10-23-17-20-13-8-5-9-18-15(13)21-17/h2-9H,10H2,1H3,(H,18,20,21). The van der Waals surface area contributed by atoms with Crippen LogP contribution in [0.25, 0.3) is 22.6 Å². The molecule has 0 unspecified atom stereocenters. The smallest absolute Gasteiger partial charge is 0.226 e. The fourth-order valence-electron chi connectivity index (χ4n) is 2.29. The summed E-state index contributed by atoms with van der Waals surface area (Å²) in [6, 6.07) is 13.8. The summed E-state index contributed by atoms with van der Waals surface area (Å²) in [6.07, 6.45) is 1.74. The number of hydrogen-bond acceptors (Lipinski definition) is 5. The first-order chi connectivity index (χ1) is 11.3. The van der Waals surface area contributed by atoms with Crippen molar-refractivity contribution in [3.8, 4) is 11.5 Å². The summed E-state index contributed by atoms with van der Waals surface area (Å²) in [5, 5.41) is 0.836. The first-order valence-electron chi connectivity index (χ1n) is 7.25. The van der Waals surface area contributed by atoms with Gasteiger partial charge in [-0.15, -0.1) is 0 Å². The number of H-pyrrole nitrogens is 1. The fraction of sp³-hybridized carbons (Fsp3) is 0.118. The molecule has 0 aliphatic heterocycles. The molecule has 0 fully saturated rings. The second-order valence-electron chi connectivity index (χ2n) is 5.09. The molecule has 0 saturated carbocycles. The summed E-state index contributed by atoms with van der Waals surface area (Å²) >= 11 is 1.59. The van der Waals surface area contributed by atoms with E-state index in [0.29, 0.717) is 11.6 Å². The SMILES string of the molecule is Cc1oc(-c2ccccc2)nc1CSc1nc2ncccc2[nH]1. The Balaban J connectivity index is 1.54. The summed E-state index contributed by atoms with van der Waals surface area (Å²) in [4.78, 5) is 16.5. The number of benzene rings is 1. The van der Waals surface area contributed by atoms with Crippen LogP contribution in [0.1, 0.15) is 11.5 Å². The second kappa shape index (κ2) is 5.89. The van der Waals surface area contributed by atoms with Crippen LogP contribution in [-0.4, -0.2) is 19.9 Å². The highest BCUT2D eigenvalue weighted by Gasteiger charge is 2.12. The molecule has 0 atom stereocenters. The number of hydrogen-bond donors (Lipinski definition) is 1. The molecule has 0 bridgehead atoms. The molecule has 4 rings (SSSR count). The number of oxazole rings is 1. The number of thioether (sulfide) groups is 1. The molecule has 23 heavy (non-hydrogen) atoms. The van der Waals surface area contributed by atoms with Crippen molar-refractivity contribution in [2.75, 3.05) is 0 Å². The van der Waals surface area contributed by atoms with Gasteiger partial charge in [0.1, 0.15) is 5.76 Å². The summed E-state index contributed by atoms with van der Waals surface area (Å²) < 4.78 is 5.78. The number of nitrogens with zero attached hydrogens (tertiary/aromatic N) is 3. The Kier molecular flexibility index (Phi) is 3.59. The monoisotopic (exact) mass is 322 g/mol. The molecular weight excluding hydrogens is 308 g/mol. The van der Waals surface area contributed by atoms with Gasteiger partial charge < -0.3 is 9.40 Å². The van der Waals surface area contributed by atoms with E-state index in [4.69, 9.17) is 4.42 Å². The molecule has 0 spiro atoms. The van der Waals surface area contributed by atoms with Crippen LogP contribution >= 0.6 is 11.8 Å².